The fourth-order valence-electron chi connectivity index (χ4n) is 10.4. The minimum absolute atomic E-state index is 0.436. The lowest BCUT2D eigenvalue weighted by molar-refractivity contribution is -0.103. The van der Waals surface area contributed by atoms with Crippen molar-refractivity contribution in [1.29, 1.82) is 0 Å². The highest BCUT2D eigenvalue weighted by Gasteiger charge is 2.60. The van der Waals surface area contributed by atoms with E-state index < -0.39 is 0 Å². The Morgan fingerprint density at radius 1 is 0.917 bits per heavy atom. The zero-order valence-corrected chi connectivity index (χ0v) is 23.7. The molecule has 6 rings (SSSR count). The molecule has 0 spiro atoms. The number of aromatic amines is 1. The average Bonchev–Trinajstić information content (AvgIpc) is 3.42. The summed E-state index contributed by atoms with van der Waals surface area (Å²) in [5.41, 5.74) is 6.51. The van der Waals surface area contributed by atoms with Crippen LogP contribution >= 0.6 is 0 Å². The molecule has 0 bridgehead atoms. The monoisotopic (exact) mass is 486 g/mol. The number of nitrogens with zero attached hydrogens (tertiary/aromatic N) is 1. The summed E-state index contributed by atoms with van der Waals surface area (Å²) in [5.74, 6) is 6.35. The molecule has 2 aromatic rings. The van der Waals surface area contributed by atoms with Crippen LogP contribution in [0.5, 0.6) is 0 Å². The number of fused-ring (bicyclic) bond motifs is 6. The van der Waals surface area contributed by atoms with Gasteiger partial charge in [-0.1, -0.05) is 84.2 Å². The second-order valence-electron chi connectivity index (χ2n) is 14.5. The molecule has 8 atom stereocenters. The third-order valence-electron chi connectivity index (χ3n) is 12.3. The zero-order valence-electron chi connectivity index (χ0n) is 23.7. The quantitative estimate of drug-likeness (QED) is 0.433. The van der Waals surface area contributed by atoms with Crippen LogP contribution in [-0.4, -0.2) is 10.2 Å². The average molecular weight is 487 g/mol. The van der Waals surface area contributed by atoms with Gasteiger partial charge in [0.25, 0.3) is 0 Å². The van der Waals surface area contributed by atoms with Gasteiger partial charge in [0, 0.05) is 16.8 Å². The number of benzene rings is 1. The molecule has 4 aliphatic rings. The summed E-state index contributed by atoms with van der Waals surface area (Å²) in [5, 5.41) is 8.35. The van der Waals surface area contributed by atoms with Crippen molar-refractivity contribution in [2.24, 2.45) is 52.3 Å². The summed E-state index contributed by atoms with van der Waals surface area (Å²) in [7, 11) is 0. The lowest BCUT2D eigenvalue weighted by atomic mass is 9.44. The van der Waals surface area contributed by atoms with E-state index in [1.165, 1.54) is 93.1 Å². The first-order valence-electron chi connectivity index (χ1n) is 15.4. The van der Waals surface area contributed by atoms with Crippen LogP contribution in [0.1, 0.15) is 104 Å². The highest BCUT2D eigenvalue weighted by Crippen LogP contribution is 2.68. The van der Waals surface area contributed by atoms with Crippen molar-refractivity contribution in [2.45, 2.75) is 105 Å². The van der Waals surface area contributed by atoms with Gasteiger partial charge in [-0.05, 0) is 104 Å². The molecule has 1 aromatic carbocycles. The number of nitrogens with one attached hydrogen (secondary N) is 1. The molecular formula is C34H50N2. The van der Waals surface area contributed by atoms with Crippen molar-refractivity contribution >= 4 is 0 Å². The Hall–Kier alpha value is -1.57. The van der Waals surface area contributed by atoms with Gasteiger partial charge in [-0.2, -0.15) is 5.10 Å². The Labute approximate surface area is 220 Å². The van der Waals surface area contributed by atoms with E-state index >= 15 is 0 Å². The molecule has 1 N–H and O–H groups in total. The Balaban J connectivity index is 1.23. The predicted octanol–water partition coefficient (Wildman–Crippen LogP) is 9.11. The first-order chi connectivity index (χ1) is 17.3. The Morgan fingerprint density at radius 2 is 1.69 bits per heavy atom. The Kier molecular flexibility index (Phi) is 6.41. The topological polar surface area (TPSA) is 28.7 Å². The maximum absolute atomic E-state index is 4.86. The van der Waals surface area contributed by atoms with Gasteiger partial charge in [0.05, 0.1) is 5.69 Å². The van der Waals surface area contributed by atoms with Crippen LogP contribution in [0.2, 0.25) is 0 Å². The summed E-state index contributed by atoms with van der Waals surface area (Å²) >= 11 is 0. The van der Waals surface area contributed by atoms with Crippen molar-refractivity contribution < 1.29 is 0 Å². The maximum Gasteiger partial charge on any atom is 0.0955 e. The number of aromatic nitrogens is 2. The predicted molar refractivity (Wildman–Crippen MR) is 151 cm³/mol. The van der Waals surface area contributed by atoms with Crippen molar-refractivity contribution in [3.63, 3.8) is 0 Å². The molecule has 4 aliphatic carbocycles. The summed E-state index contributed by atoms with van der Waals surface area (Å²) < 4.78 is 0. The molecule has 0 aliphatic heterocycles. The molecule has 3 fully saturated rings. The standard InChI is InChI=1S/C34H50N2/c1-22(2)10-9-11-23(3)28-16-17-29-26-15-14-25-20-31-27(32(36-35-31)24-12-7-6-8-13-24)21-34(25,5)30(26)18-19-33(28,29)4/h6-8,12-13,22-23,25-26,28-30H,9-11,14-21H2,1-5H3,(H,35,36)/t23-,25+,26+,28-,29+,30+,33-,34+/m1/s1. The van der Waals surface area contributed by atoms with Crippen LogP contribution in [0.3, 0.4) is 0 Å². The van der Waals surface area contributed by atoms with Crippen molar-refractivity contribution in [1.82, 2.24) is 10.2 Å². The van der Waals surface area contributed by atoms with Gasteiger partial charge in [-0.25, -0.2) is 0 Å². The number of hydrogen-bond donors (Lipinski definition) is 1. The molecule has 196 valence electrons. The van der Waals surface area contributed by atoms with Gasteiger partial charge in [-0.15, -0.1) is 0 Å². The van der Waals surface area contributed by atoms with E-state index in [4.69, 9.17) is 5.10 Å². The second-order valence-corrected chi connectivity index (χ2v) is 14.5. The fraction of sp³-hybridized carbons (Fsp3) is 0.735. The van der Waals surface area contributed by atoms with E-state index in [0.29, 0.717) is 10.8 Å². The smallest absolute Gasteiger partial charge is 0.0955 e. The van der Waals surface area contributed by atoms with E-state index in [-0.39, 0.29) is 0 Å². The molecule has 2 nitrogen and oxygen atoms in total. The van der Waals surface area contributed by atoms with Crippen LogP contribution in [-0.2, 0) is 12.8 Å². The normalized spacial score (nSPS) is 38.2. The third-order valence-corrected chi connectivity index (χ3v) is 12.3. The molecule has 36 heavy (non-hydrogen) atoms. The molecule has 1 heterocycles. The Morgan fingerprint density at radius 3 is 2.47 bits per heavy atom. The lowest BCUT2D eigenvalue weighted by Crippen LogP contribution is -2.54. The zero-order chi connectivity index (χ0) is 25.1. The van der Waals surface area contributed by atoms with Gasteiger partial charge >= 0.3 is 0 Å². The number of hydrogen-bond acceptors (Lipinski definition) is 1. The molecule has 0 radical (unpaired) electrons. The maximum atomic E-state index is 4.86. The van der Waals surface area contributed by atoms with Gasteiger partial charge in [-0.3, -0.25) is 5.10 Å². The lowest BCUT2D eigenvalue weighted by Gasteiger charge is -2.60. The fourth-order valence-corrected chi connectivity index (χ4v) is 10.4. The van der Waals surface area contributed by atoms with Crippen LogP contribution < -0.4 is 0 Å². The number of rotatable bonds is 6. The van der Waals surface area contributed by atoms with E-state index in [1.54, 1.807) is 0 Å². The minimum Gasteiger partial charge on any atom is -0.282 e. The van der Waals surface area contributed by atoms with E-state index in [0.717, 1.165) is 41.4 Å². The third kappa shape index (κ3) is 3.92. The summed E-state index contributed by atoms with van der Waals surface area (Å²) in [6, 6.07) is 10.9. The van der Waals surface area contributed by atoms with Crippen molar-refractivity contribution in [2.75, 3.05) is 0 Å². The SMILES string of the molecule is CC(C)CCC[C@@H](C)[C@H]1CC[C@H]2[C@@H]3CC[C@H]4Cc5[nH]nc(-c6ccccc6)c5C[C@]4(C)[C@H]3CC[C@]12C. The van der Waals surface area contributed by atoms with Crippen LogP contribution in [0.4, 0.5) is 0 Å². The molecule has 1 aromatic heterocycles. The van der Waals surface area contributed by atoms with E-state index in [9.17, 15) is 0 Å². The molecule has 0 saturated heterocycles. The van der Waals surface area contributed by atoms with Crippen LogP contribution in [0.25, 0.3) is 11.3 Å². The van der Waals surface area contributed by atoms with Crippen molar-refractivity contribution in [3.8, 4) is 11.3 Å². The second kappa shape index (κ2) is 9.32. The van der Waals surface area contributed by atoms with Gasteiger partial charge in [0.2, 0.25) is 0 Å². The molecule has 3 saturated carbocycles. The van der Waals surface area contributed by atoms with E-state index in [1.807, 2.05) is 0 Å². The highest BCUT2D eigenvalue weighted by molar-refractivity contribution is 5.64. The number of H-pyrrole nitrogens is 1. The summed E-state index contributed by atoms with van der Waals surface area (Å²) in [6.07, 6.45) is 15.6. The molecule has 2 heteroatoms. The van der Waals surface area contributed by atoms with Gasteiger partial charge in [0.1, 0.15) is 0 Å². The largest absolute Gasteiger partial charge is 0.282 e. The van der Waals surface area contributed by atoms with Crippen LogP contribution in [0, 0.1) is 52.3 Å². The summed E-state index contributed by atoms with van der Waals surface area (Å²) in [6.45, 7) is 12.8. The highest BCUT2D eigenvalue weighted by atomic mass is 15.1. The molecule has 0 amide bonds. The Bertz CT molecular complexity index is 1050. The molecule has 0 unspecified atom stereocenters. The van der Waals surface area contributed by atoms with Gasteiger partial charge < -0.3 is 0 Å². The summed E-state index contributed by atoms with van der Waals surface area (Å²) in [4.78, 5) is 0. The molecular weight excluding hydrogens is 436 g/mol. The van der Waals surface area contributed by atoms with Crippen LogP contribution in [0.15, 0.2) is 30.3 Å². The van der Waals surface area contributed by atoms with E-state index in [2.05, 4.69) is 70.0 Å². The minimum atomic E-state index is 0.436. The first-order valence-corrected chi connectivity index (χ1v) is 15.4. The van der Waals surface area contributed by atoms with Gasteiger partial charge in [0.15, 0.2) is 0 Å². The first kappa shape index (κ1) is 24.7. The van der Waals surface area contributed by atoms with Crippen molar-refractivity contribution in [3.05, 3.63) is 41.6 Å².